The van der Waals surface area contributed by atoms with Crippen molar-refractivity contribution in [2.24, 2.45) is 4.99 Å². The topological polar surface area (TPSA) is 52.8 Å². The van der Waals surface area contributed by atoms with E-state index in [1.807, 2.05) is 32.0 Å². The van der Waals surface area contributed by atoms with Crippen LogP contribution in [0.4, 0.5) is 5.69 Å². The quantitative estimate of drug-likeness (QED) is 0.801. The summed E-state index contributed by atoms with van der Waals surface area (Å²) < 4.78 is 0. The molecular formula is C16H17NO2. The Bertz CT molecular complexity index is 605. The molecule has 3 heteroatoms. The third kappa shape index (κ3) is 2.60. The summed E-state index contributed by atoms with van der Waals surface area (Å²) in [4.78, 5) is 4.55. The lowest BCUT2D eigenvalue weighted by molar-refractivity contribution is 0.448. The summed E-state index contributed by atoms with van der Waals surface area (Å²) in [5, 5.41) is 19.7. The predicted molar refractivity (Wildman–Crippen MR) is 77.6 cm³/mol. The summed E-state index contributed by atoms with van der Waals surface area (Å²) in [6.45, 7) is 5.76. The Kier molecular flexibility index (Phi) is 3.56. The molecule has 2 rings (SSSR count). The lowest BCUT2D eigenvalue weighted by Gasteiger charge is -2.09. The van der Waals surface area contributed by atoms with E-state index < -0.39 is 0 Å². The average molecular weight is 255 g/mol. The van der Waals surface area contributed by atoms with E-state index in [4.69, 9.17) is 0 Å². The highest BCUT2D eigenvalue weighted by Crippen LogP contribution is 2.30. The predicted octanol–water partition coefficient (Wildman–Crippen LogP) is 3.86. The highest BCUT2D eigenvalue weighted by Gasteiger charge is 2.11. The maximum atomic E-state index is 9.84. The Morgan fingerprint density at radius 2 is 1.37 bits per heavy atom. The molecule has 0 aliphatic rings. The van der Waals surface area contributed by atoms with Gasteiger partial charge in [-0.15, -0.1) is 0 Å². The van der Waals surface area contributed by atoms with Crippen molar-refractivity contribution in [3.05, 3.63) is 53.1 Å². The normalized spacial score (nSPS) is 11.6. The average Bonchev–Trinajstić information content (AvgIpc) is 2.34. The lowest BCUT2D eigenvalue weighted by atomic mass is 10.1. The van der Waals surface area contributed by atoms with Crippen LogP contribution in [0.3, 0.4) is 0 Å². The molecule has 2 N–H and O–H groups in total. The second-order valence-corrected chi connectivity index (χ2v) is 4.61. The number of rotatable bonds is 2. The molecular weight excluding hydrogens is 238 g/mol. The van der Waals surface area contributed by atoms with Gasteiger partial charge in [-0.05, 0) is 44.0 Å². The third-order valence-electron chi connectivity index (χ3n) is 3.10. The number of phenolic OH excluding ortho intramolecular Hbond substituents is 2. The second kappa shape index (κ2) is 5.14. The zero-order valence-corrected chi connectivity index (χ0v) is 11.3. The van der Waals surface area contributed by atoms with E-state index in [0.717, 1.165) is 16.8 Å². The van der Waals surface area contributed by atoms with Crippen LogP contribution in [0.15, 0.2) is 41.4 Å². The summed E-state index contributed by atoms with van der Waals surface area (Å²) in [6, 6.07) is 10.6. The first kappa shape index (κ1) is 13.1. The second-order valence-electron chi connectivity index (χ2n) is 4.61. The van der Waals surface area contributed by atoms with Crippen LogP contribution in [0, 0.1) is 13.8 Å². The van der Waals surface area contributed by atoms with Crippen LogP contribution < -0.4 is 0 Å². The van der Waals surface area contributed by atoms with E-state index in [1.54, 1.807) is 25.1 Å². The molecule has 98 valence electrons. The number of nitrogens with zero attached hydrogens (tertiary/aromatic N) is 1. The molecule has 0 amide bonds. The van der Waals surface area contributed by atoms with Gasteiger partial charge in [-0.25, -0.2) is 0 Å². The first-order chi connectivity index (χ1) is 9.00. The monoisotopic (exact) mass is 255 g/mol. The maximum absolute atomic E-state index is 9.84. The Balaban J connectivity index is 2.55. The molecule has 3 nitrogen and oxygen atoms in total. The third-order valence-corrected chi connectivity index (χ3v) is 3.10. The minimum absolute atomic E-state index is 0.0347. The van der Waals surface area contributed by atoms with E-state index >= 15 is 0 Å². The molecule has 19 heavy (non-hydrogen) atoms. The summed E-state index contributed by atoms with van der Waals surface area (Å²) in [5.74, 6) is 0.0694. The Hall–Kier alpha value is -2.29. The number of aromatic hydroxyl groups is 2. The van der Waals surface area contributed by atoms with Crippen LogP contribution in [0.1, 0.15) is 23.6 Å². The van der Waals surface area contributed by atoms with Crippen LogP contribution in [0.25, 0.3) is 0 Å². The molecule has 0 aliphatic carbocycles. The fourth-order valence-electron chi connectivity index (χ4n) is 2.10. The number of aliphatic imine (C=N–C) groups is 1. The highest BCUT2D eigenvalue weighted by atomic mass is 16.3. The summed E-state index contributed by atoms with van der Waals surface area (Å²) in [7, 11) is 0. The Morgan fingerprint density at radius 1 is 0.895 bits per heavy atom. The zero-order valence-electron chi connectivity index (χ0n) is 11.3. The molecule has 0 atom stereocenters. The van der Waals surface area contributed by atoms with Crippen molar-refractivity contribution in [1.29, 1.82) is 0 Å². The molecule has 0 aliphatic heterocycles. The molecule has 0 bridgehead atoms. The van der Waals surface area contributed by atoms with Crippen LogP contribution >= 0.6 is 0 Å². The van der Waals surface area contributed by atoms with Crippen LogP contribution in [0.5, 0.6) is 11.5 Å². The van der Waals surface area contributed by atoms with Gasteiger partial charge in [0, 0.05) is 0 Å². The highest BCUT2D eigenvalue weighted by molar-refractivity contribution is 6.04. The van der Waals surface area contributed by atoms with Crippen molar-refractivity contribution < 1.29 is 10.2 Å². The maximum Gasteiger partial charge on any atom is 0.128 e. The number of hydrogen-bond donors (Lipinski definition) is 2. The fourth-order valence-corrected chi connectivity index (χ4v) is 2.10. The largest absolute Gasteiger partial charge is 0.507 e. The van der Waals surface area contributed by atoms with Gasteiger partial charge in [0.2, 0.25) is 0 Å². The van der Waals surface area contributed by atoms with Gasteiger partial charge in [0.1, 0.15) is 11.5 Å². The molecule has 2 aromatic carbocycles. The van der Waals surface area contributed by atoms with Gasteiger partial charge in [-0.1, -0.05) is 24.3 Å². The van der Waals surface area contributed by atoms with Crippen molar-refractivity contribution in [2.75, 3.05) is 0 Å². The van der Waals surface area contributed by atoms with Gasteiger partial charge < -0.3 is 10.2 Å². The molecule has 0 aromatic heterocycles. The summed E-state index contributed by atoms with van der Waals surface area (Å²) >= 11 is 0. The Labute approximate surface area is 112 Å². The first-order valence-corrected chi connectivity index (χ1v) is 6.13. The van der Waals surface area contributed by atoms with E-state index in [-0.39, 0.29) is 11.5 Å². The van der Waals surface area contributed by atoms with Gasteiger partial charge in [0.05, 0.1) is 17.0 Å². The summed E-state index contributed by atoms with van der Waals surface area (Å²) in [5.41, 5.74) is 3.98. The van der Waals surface area contributed by atoms with Crippen molar-refractivity contribution in [1.82, 2.24) is 0 Å². The number of benzene rings is 2. The minimum Gasteiger partial charge on any atom is -0.507 e. The molecule has 2 aromatic rings. The van der Waals surface area contributed by atoms with Crippen LogP contribution in [-0.4, -0.2) is 15.9 Å². The van der Waals surface area contributed by atoms with E-state index in [2.05, 4.69) is 4.99 Å². The van der Waals surface area contributed by atoms with E-state index in [9.17, 15) is 10.2 Å². The van der Waals surface area contributed by atoms with Gasteiger partial charge in [0.15, 0.2) is 0 Å². The standard InChI is InChI=1S/C16H17NO2/c1-10-6-4-7-11(2)16(10)17-12(3)15-13(18)8-5-9-14(15)19/h4-9,18-19H,1-3H3. The molecule has 0 unspecified atom stereocenters. The first-order valence-electron chi connectivity index (χ1n) is 6.13. The Morgan fingerprint density at radius 3 is 1.89 bits per heavy atom. The van der Waals surface area contributed by atoms with Crippen LogP contribution in [-0.2, 0) is 0 Å². The molecule has 0 heterocycles. The van der Waals surface area contributed by atoms with E-state index in [0.29, 0.717) is 11.3 Å². The zero-order chi connectivity index (χ0) is 14.0. The molecule has 0 saturated carbocycles. The SMILES string of the molecule is CC(=Nc1c(C)cccc1C)c1c(O)cccc1O. The van der Waals surface area contributed by atoms with Crippen molar-refractivity contribution in [2.45, 2.75) is 20.8 Å². The molecule has 0 saturated heterocycles. The van der Waals surface area contributed by atoms with Crippen molar-refractivity contribution in [3.63, 3.8) is 0 Å². The smallest absolute Gasteiger partial charge is 0.128 e. The number of para-hydroxylation sites is 1. The van der Waals surface area contributed by atoms with Gasteiger partial charge >= 0.3 is 0 Å². The van der Waals surface area contributed by atoms with Crippen LogP contribution in [0.2, 0.25) is 0 Å². The number of hydrogen-bond acceptors (Lipinski definition) is 3. The lowest BCUT2D eigenvalue weighted by Crippen LogP contribution is -1.96. The fraction of sp³-hybridized carbons (Fsp3) is 0.188. The number of aryl methyl sites for hydroxylation is 2. The van der Waals surface area contributed by atoms with Crippen molar-refractivity contribution in [3.8, 4) is 11.5 Å². The molecule has 0 spiro atoms. The molecule has 0 fully saturated rings. The minimum atomic E-state index is 0.0347. The summed E-state index contributed by atoms with van der Waals surface area (Å²) in [6.07, 6.45) is 0. The molecule has 0 radical (unpaired) electrons. The van der Waals surface area contributed by atoms with Gasteiger partial charge in [-0.3, -0.25) is 4.99 Å². The van der Waals surface area contributed by atoms with Crippen molar-refractivity contribution >= 4 is 11.4 Å². The number of phenols is 2. The van der Waals surface area contributed by atoms with E-state index in [1.165, 1.54) is 0 Å². The van der Waals surface area contributed by atoms with Gasteiger partial charge in [-0.2, -0.15) is 0 Å². The van der Waals surface area contributed by atoms with Gasteiger partial charge in [0.25, 0.3) is 0 Å².